The number of nitrogens with one attached hydrogen (secondary N) is 1. The lowest BCUT2D eigenvalue weighted by atomic mass is 10.1. The van der Waals surface area contributed by atoms with Crippen molar-refractivity contribution in [2.24, 2.45) is 0 Å². The molecule has 0 bridgehead atoms. The molecule has 2 saturated heterocycles. The molecule has 0 unspecified atom stereocenters. The van der Waals surface area contributed by atoms with Gasteiger partial charge in [-0.1, -0.05) is 24.1 Å². The number of rotatable bonds is 5. The third kappa shape index (κ3) is 4.73. The van der Waals surface area contributed by atoms with Crippen molar-refractivity contribution < 1.29 is 13.2 Å². The summed E-state index contributed by atoms with van der Waals surface area (Å²) in [6, 6.07) is 10.4. The lowest BCUT2D eigenvalue weighted by molar-refractivity contribution is 0.102. The molecule has 6 nitrogen and oxygen atoms in total. The molecule has 166 valence electrons. The summed E-state index contributed by atoms with van der Waals surface area (Å²) in [5.41, 5.74) is 2.62. The highest BCUT2D eigenvalue weighted by Gasteiger charge is 2.29. The van der Waals surface area contributed by atoms with Crippen LogP contribution in [0, 0.1) is 6.92 Å². The van der Waals surface area contributed by atoms with E-state index < -0.39 is 10.0 Å². The van der Waals surface area contributed by atoms with Gasteiger partial charge >= 0.3 is 0 Å². The van der Waals surface area contributed by atoms with E-state index in [1.165, 1.54) is 10.4 Å². The number of amides is 1. The van der Waals surface area contributed by atoms with Crippen LogP contribution in [0.1, 0.15) is 48.0 Å². The molecular weight excluding hydrogens is 434 g/mol. The van der Waals surface area contributed by atoms with Gasteiger partial charge in [-0.05, 0) is 68.5 Å². The topological polar surface area (TPSA) is 69.7 Å². The van der Waals surface area contributed by atoms with Gasteiger partial charge < -0.3 is 10.2 Å². The minimum atomic E-state index is -3.64. The number of benzene rings is 2. The Morgan fingerprint density at radius 3 is 2.29 bits per heavy atom. The lowest BCUT2D eigenvalue weighted by Gasteiger charge is -2.27. The molecule has 0 aromatic heterocycles. The van der Waals surface area contributed by atoms with E-state index in [1.54, 1.807) is 24.3 Å². The van der Waals surface area contributed by atoms with Crippen molar-refractivity contribution in [1.82, 2.24) is 4.31 Å². The van der Waals surface area contributed by atoms with Crippen LogP contribution in [-0.2, 0) is 10.0 Å². The Bertz CT molecular complexity index is 1080. The number of anilines is 2. The van der Waals surface area contributed by atoms with E-state index >= 15 is 0 Å². The smallest absolute Gasteiger partial charge is 0.257 e. The SMILES string of the molecule is Cc1ccc(NC(=O)c2cc(S(=O)(=O)N3CCCCC3)ccc2N2CCCC2)c(Cl)c1. The number of carbonyl (C=O) groups is 1. The Labute approximate surface area is 189 Å². The van der Waals surface area contributed by atoms with E-state index in [-0.39, 0.29) is 10.8 Å². The van der Waals surface area contributed by atoms with Crippen LogP contribution in [0.3, 0.4) is 0 Å². The van der Waals surface area contributed by atoms with Crippen molar-refractivity contribution in [2.75, 3.05) is 36.4 Å². The van der Waals surface area contributed by atoms with E-state index in [0.29, 0.717) is 29.4 Å². The van der Waals surface area contributed by atoms with Gasteiger partial charge in [0.2, 0.25) is 10.0 Å². The molecule has 0 spiro atoms. The fourth-order valence-electron chi connectivity index (χ4n) is 4.26. The first-order valence-electron chi connectivity index (χ1n) is 10.8. The van der Waals surface area contributed by atoms with Crippen LogP contribution in [0.5, 0.6) is 0 Å². The second kappa shape index (κ2) is 9.18. The number of hydrogen-bond donors (Lipinski definition) is 1. The molecule has 2 heterocycles. The largest absolute Gasteiger partial charge is 0.371 e. The van der Waals surface area contributed by atoms with Crippen molar-refractivity contribution in [2.45, 2.75) is 43.9 Å². The summed E-state index contributed by atoms with van der Waals surface area (Å²) in [4.78, 5) is 15.6. The first kappa shape index (κ1) is 22.1. The summed E-state index contributed by atoms with van der Waals surface area (Å²) in [6.45, 7) is 4.68. The minimum absolute atomic E-state index is 0.164. The summed E-state index contributed by atoms with van der Waals surface area (Å²) in [6.07, 6.45) is 4.89. The normalized spacial score (nSPS) is 17.7. The summed E-state index contributed by atoms with van der Waals surface area (Å²) in [5.74, 6) is -0.358. The molecular formula is C23H28ClN3O3S. The third-order valence-corrected chi connectivity index (χ3v) is 8.19. The average molecular weight is 462 g/mol. The number of carbonyl (C=O) groups excluding carboxylic acids is 1. The Kier molecular flexibility index (Phi) is 6.55. The van der Waals surface area contributed by atoms with Crippen LogP contribution in [0.25, 0.3) is 0 Å². The Morgan fingerprint density at radius 1 is 0.935 bits per heavy atom. The molecule has 0 aliphatic carbocycles. The number of nitrogens with zero attached hydrogens (tertiary/aromatic N) is 2. The summed E-state index contributed by atoms with van der Waals surface area (Å²) >= 11 is 6.31. The monoisotopic (exact) mass is 461 g/mol. The quantitative estimate of drug-likeness (QED) is 0.702. The van der Waals surface area contributed by atoms with Gasteiger partial charge in [-0.3, -0.25) is 4.79 Å². The Hall–Kier alpha value is -2.09. The van der Waals surface area contributed by atoms with Crippen molar-refractivity contribution in [1.29, 1.82) is 0 Å². The molecule has 1 amide bonds. The molecule has 2 aromatic carbocycles. The van der Waals surface area contributed by atoms with Gasteiger partial charge in [-0.15, -0.1) is 0 Å². The second-order valence-corrected chi connectivity index (χ2v) is 10.6. The minimum Gasteiger partial charge on any atom is -0.371 e. The molecule has 2 aliphatic rings. The summed E-state index contributed by atoms with van der Waals surface area (Å²) in [5, 5.41) is 3.32. The highest BCUT2D eigenvalue weighted by atomic mass is 35.5. The van der Waals surface area contributed by atoms with Crippen LogP contribution >= 0.6 is 11.6 Å². The molecule has 8 heteroatoms. The van der Waals surface area contributed by atoms with Crippen LogP contribution in [0.15, 0.2) is 41.3 Å². The molecule has 0 atom stereocenters. The van der Waals surface area contributed by atoms with Crippen molar-refractivity contribution in [3.63, 3.8) is 0 Å². The molecule has 0 radical (unpaired) electrons. The van der Waals surface area contributed by atoms with Crippen LogP contribution < -0.4 is 10.2 Å². The molecule has 4 rings (SSSR count). The van der Waals surface area contributed by atoms with Crippen LogP contribution in [0.2, 0.25) is 5.02 Å². The fourth-order valence-corrected chi connectivity index (χ4v) is 6.08. The number of hydrogen-bond acceptors (Lipinski definition) is 4. The van der Waals surface area contributed by atoms with Crippen LogP contribution in [0.4, 0.5) is 11.4 Å². The van der Waals surface area contributed by atoms with Crippen molar-refractivity contribution in [3.8, 4) is 0 Å². The zero-order valence-electron chi connectivity index (χ0n) is 17.7. The van der Waals surface area contributed by atoms with Gasteiger partial charge in [0, 0.05) is 31.9 Å². The first-order chi connectivity index (χ1) is 14.9. The lowest BCUT2D eigenvalue weighted by Crippen LogP contribution is -2.35. The molecule has 2 aliphatic heterocycles. The van der Waals surface area contributed by atoms with Gasteiger partial charge in [-0.2, -0.15) is 4.31 Å². The number of aryl methyl sites for hydroxylation is 1. The molecule has 31 heavy (non-hydrogen) atoms. The zero-order valence-corrected chi connectivity index (χ0v) is 19.3. The highest BCUT2D eigenvalue weighted by Crippen LogP contribution is 2.31. The zero-order chi connectivity index (χ0) is 22.0. The van der Waals surface area contributed by atoms with Gasteiger partial charge in [0.05, 0.1) is 21.2 Å². The van der Waals surface area contributed by atoms with E-state index in [0.717, 1.165) is 56.4 Å². The van der Waals surface area contributed by atoms with Crippen molar-refractivity contribution in [3.05, 3.63) is 52.5 Å². The van der Waals surface area contributed by atoms with Gasteiger partial charge in [0.25, 0.3) is 5.91 Å². The molecule has 1 N–H and O–H groups in total. The van der Waals surface area contributed by atoms with E-state index in [4.69, 9.17) is 11.6 Å². The predicted octanol–water partition coefficient (Wildman–Crippen LogP) is 4.68. The van der Waals surface area contributed by atoms with Gasteiger partial charge in [-0.25, -0.2) is 8.42 Å². The van der Waals surface area contributed by atoms with E-state index in [2.05, 4.69) is 10.2 Å². The second-order valence-electron chi connectivity index (χ2n) is 8.28. The predicted molar refractivity (Wildman–Crippen MR) is 125 cm³/mol. The third-order valence-electron chi connectivity index (χ3n) is 5.98. The van der Waals surface area contributed by atoms with Gasteiger partial charge in [0.1, 0.15) is 0 Å². The average Bonchev–Trinajstić information content (AvgIpc) is 3.30. The summed E-state index contributed by atoms with van der Waals surface area (Å²) < 4.78 is 27.9. The van der Waals surface area contributed by atoms with Gasteiger partial charge in [0.15, 0.2) is 0 Å². The number of halogens is 1. The first-order valence-corrected chi connectivity index (χ1v) is 12.6. The standard InChI is InChI=1S/C23H28ClN3O3S/c1-17-7-9-21(20(24)15-17)25-23(28)19-16-18(8-10-22(19)26-11-5-6-12-26)31(29,30)27-13-3-2-4-14-27/h7-10,15-16H,2-6,11-14H2,1H3,(H,25,28). The molecule has 2 aromatic rings. The maximum absolute atomic E-state index is 13.3. The Morgan fingerprint density at radius 2 is 1.61 bits per heavy atom. The molecule has 0 saturated carbocycles. The number of piperidine rings is 1. The molecule has 2 fully saturated rings. The number of sulfonamides is 1. The van der Waals surface area contributed by atoms with E-state index in [1.807, 2.05) is 13.0 Å². The maximum Gasteiger partial charge on any atom is 0.257 e. The van der Waals surface area contributed by atoms with Crippen molar-refractivity contribution >= 4 is 38.9 Å². The van der Waals surface area contributed by atoms with E-state index in [9.17, 15) is 13.2 Å². The highest BCUT2D eigenvalue weighted by molar-refractivity contribution is 7.89. The summed E-state index contributed by atoms with van der Waals surface area (Å²) in [7, 11) is -3.64. The fraction of sp³-hybridized carbons (Fsp3) is 0.435. The Balaban J connectivity index is 1.70. The van der Waals surface area contributed by atoms with Crippen LogP contribution in [-0.4, -0.2) is 44.8 Å². The maximum atomic E-state index is 13.3.